The zero-order chi connectivity index (χ0) is 18.4. The molecule has 3 fully saturated rings. The molecular weight excluding hydrogens is 344 g/mol. The fraction of sp³-hybridized carbons (Fsp3) is 0.526. The van der Waals surface area contributed by atoms with Crippen LogP contribution in [0.25, 0.3) is 0 Å². The van der Waals surface area contributed by atoms with E-state index in [0.717, 1.165) is 32.0 Å². The van der Waals surface area contributed by atoms with Crippen molar-refractivity contribution in [2.45, 2.75) is 25.2 Å². The molecule has 140 valence electrons. The molecule has 2 aromatic rings. The number of fused-ring (bicyclic) bond motifs is 1. The number of aromatic nitrogens is 4. The Hall–Kier alpha value is -2.77. The second-order valence-electron chi connectivity index (χ2n) is 7.87. The van der Waals surface area contributed by atoms with Gasteiger partial charge in [0.1, 0.15) is 17.8 Å². The molecular formula is C19H22N6O2. The summed E-state index contributed by atoms with van der Waals surface area (Å²) in [6.07, 6.45) is 5.45. The first kappa shape index (κ1) is 16.4. The second-order valence-corrected chi connectivity index (χ2v) is 7.87. The van der Waals surface area contributed by atoms with Crippen LogP contribution in [0.1, 0.15) is 41.4 Å². The van der Waals surface area contributed by atoms with E-state index in [1.165, 1.54) is 37.1 Å². The van der Waals surface area contributed by atoms with Crippen LogP contribution in [0.5, 0.6) is 0 Å². The molecule has 2 saturated heterocycles. The van der Waals surface area contributed by atoms with Crippen molar-refractivity contribution < 1.29 is 4.79 Å². The van der Waals surface area contributed by atoms with Crippen LogP contribution in [0, 0.1) is 11.8 Å². The van der Waals surface area contributed by atoms with Gasteiger partial charge in [-0.15, -0.1) is 0 Å². The van der Waals surface area contributed by atoms with Crippen molar-refractivity contribution in [2.75, 3.05) is 31.1 Å². The van der Waals surface area contributed by atoms with Crippen LogP contribution in [-0.4, -0.2) is 57.2 Å². The molecule has 8 heteroatoms. The van der Waals surface area contributed by atoms with E-state index in [1.807, 2.05) is 4.90 Å². The molecule has 1 saturated carbocycles. The van der Waals surface area contributed by atoms with Gasteiger partial charge in [0, 0.05) is 61.8 Å². The van der Waals surface area contributed by atoms with E-state index in [-0.39, 0.29) is 11.5 Å². The van der Waals surface area contributed by atoms with Gasteiger partial charge in [-0.2, -0.15) is 5.10 Å². The molecule has 0 aromatic carbocycles. The molecule has 3 aliphatic rings. The lowest BCUT2D eigenvalue weighted by Gasteiger charge is -2.26. The molecule has 2 aromatic heterocycles. The average molecular weight is 366 g/mol. The van der Waals surface area contributed by atoms with Crippen molar-refractivity contribution in [1.29, 1.82) is 0 Å². The highest BCUT2D eigenvalue weighted by Gasteiger charge is 2.42. The van der Waals surface area contributed by atoms with E-state index in [0.29, 0.717) is 23.4 Å². The summed E-state index contributed by atoms with van der Waals surface area (Å²) in [6.45, 7) is 3.27. The Morgan fingerprint density at radius 2 is 1.85 bits per heavy atom. The van der Waals surface area contributed by atoms with Crippen LogP contribution < -0.4 is 10.5 Å². The fourth-order valence-electron chi connectivity index (χ4n) is 4.43. The Bertz CT molecular complexity index is 890. The van der Waals surface area contributed by atoms with E-state index in [2.05, 4.69) is 31.1 Å². The Morgan fingerprint density at radius 3 is 2.48 bits per heavy atom. The SMILES string of the molecule is O=C(c1ccc(=O)[nH]n1)N1CC2CN(c3cc(C4CCC4)ncn3)CC2C1. The molecule has 0 radical (unpaired) electrons. The summed E-state index contributed by atoms with van der Waals surface area (Å²) in [6, 6.07) is 4.98. The smallest absolute Gasteiger partial charge is 0.274 e. The molecule has 1 amide bonds. The topological polar surface area (TPSA) is 95.1 Å². The maximum atomic E-state index is 12.6. The van der Waals surface area contributed by atoms with Crippen LogP contribution in [0.15, 0.2) is 29.3 Å². The lowest BCUT2D eigenvalue weighted by Crippen LogP contribution is -2.34. The third-order valence-electron chi connectivity index (χ3n) is 6.19. The summed E-state index contributed by atoms with van der Waals surface area (Å²) >= 11 is 0. The second kappa shape index (κ2) is 6.44. The summed E-state index contributed by atoms with van der Waals surface area (Å²) < 4.78 is 0. The highest BCUT2D eigenvalue weighted by atomic mass is 16.2. The standard InChI is InChI=1S/C19H22N6O2/c26-18-5-4-15(22-23-18)19(27)25-9-13-7-24(8-14(13)10-25)17-6-16(20-11-21-17)12-2-1-3-12/h4-6,11-14H,1-3,7-10H2,(H,23,26). The molecule has 0 spiro atoms. The van der Waals surface area contributed by atoms with E-state index in [4.69, 9.17) is 0 Å². The summed E-state index contributed by atoms with van der Waals surface area (Å²) in [4.78, 5) is 36.9. The number of amides is 1. The molecule has 2 aliphatic heterocycles. The van der Waals surface area contributed by atoms with Crippen molar-refractivity contribution in [3.05, 3.63) is 46.3 Å². The normalized spacial score (nSPS) is 24.7. The molecule has 2 unspecified atom stereocenters. The predicted molar refractivity (Wildman–Crippen MR) is 98.6 cm³/mol. The lowest BCUT2D eigenvalue weighted by molar-refractivity contribution is 0.0775. The number of likely N-dealkylation sites (tertiary alicyclic amines) is 1. The molecule has 1 aliphatic carbocycles. The zero-order valence-corrected chi connectivity index (χ0v) is 15.0. The van der Waals surface area contributed by atoms with Gasteiger partial charge in [0.25, 0.3) is 11.5 Å². The number of aromatic amines is 1. The quantitative estimate of drug-likeness (QED) is 0.872. The minimum atomic E-state index is -0.299. The maximum Gasteiger partial charge on any atom is 0.274 e. The molecule has 27 heavy (non-hydrogen) atoms. The monoisotopic (exact) mass is 366 g/mol. The van der Waals surface area contributed by atoms with Crippen molar-refractivity contribution in [2.24, 2.45) is 11.8 Å². The van der Waals surface area contributed by atoms with Gasteiger partial charge in [0.05, 0.1) is 0 Å². The van der Waals surface area contributed by atoms with Crippen LogP contribution >= 0.6 is 0 Å². The number of nitrogens with zero attached hydrogens (tertiary/aromatic N) is 5. The third kappa shape index (κ3) is 2.98. The van der Waals surface area contributed by atoms with Gasteiger partial charge >= 0.3 is 0 Å². The fourth-order valence-corrected chi connectivity index (χ4v) is 4.43. The molecule has 1 N–H and O–H groups in total. The van der Waals surface area contributed by atoms with Gasteiger partial charge in [-0.3, -0.25) is 9.59 Å². The van der Waals surface area contributed by atoms with Crippen LogP contribution in [0.4, 0.5) is 5.82 Å². The number of anilines is 1. The minimum absolute atomic E-state index is 0.110. The number of hydrogen-bond donors (Lipinski definition) is 1. The average Bonchev–Trinajstić information content (AvgIpc) is 3.20. The van der Waals surface area contributed by atoms with E-state index >= 15 is 0 Å². The summed E-state index contributed by atoms with van der Waals surface area (Å²) in [5, 5.41) is 6.19. The van der Waals surface area contributed by atoms with E-state index < -0.39 is 0 Å². The van der Waals surface area contributed by atoms with Gasteiger partial charge in [-0.1, -0.05) is 6.42 Å². The highest BCUT2D eigenvalue weighted by Crippen LogP contribution is 2.37. The maximum absolute atomic E-state index is 12.6. The van der Waals surface area contributed by atoms with Crippen LogP contribution in [0.3, 0.4) is 0 Å². The Kier molecular flexibility index (Phi) is 3.91. The van der Waals surface area contributed by atoms with Gasteiger partial charge in [-0.25, -0.2) is 15.1 Å². The molecule has 2 atom stereocenters. The molecule has 8 nitrogen and oxygen atoms in total. The molecule has 5 rings (SSSR count). The van der Waals surface area contributed by atoms with Crippen molar-refractivity contribution in [1.82, 2.24) is 25.1 Å². The number of carbonyl (C=O) groups is 1. The number of rotatable bonds is 3. The number of H-pyrrole nitrogens is 1. The highest BCUT2D eigenvalue weighted by molar-refractivity contribution is 5.92. The van der Waals surface area contributed by atoms with Crippen molar-refractivity contribution in [3.8, 4) is 0 Å². The van der Waals surface area contributed by atoms with Crippen LogP contribution in [-0.2, 0) is 0 Å². The Labute approximate surface area is 156 Å². The third-order valence-corrected chi connectivity index (χ3v) is 6.19. The van der Waals surface area contributed by atoms with Crippen LogP contribution in [0.2, 0.25) is 0 Å². The van der Waals surface area contributed by atoms with Crippen molar-refractivity contribution in [3.63, 3.8) is 0 Å². The first-order chi connectivity index (χ1) is 13.2. The predicted octanol–water partition coefficient (Wildman–Crippen LogP) is 1.04. The number of carbonyl (C=O) groups excluding carboxylic acids is 1. The van der Waals surface area contributed by atoms with Gasteiger partial charge < -0.3 is 9.80 Å². The molecule has 0 bridgehead atoms. The van der Waals surface area contributed by atoms with E-state index in [9.17, 15) is 9.59 Å². The first-order valence-electron chi connectivity index (χ1n) is 9.59. The minimum Gasteiger partial charge on any atom is -0.356 e. The zero-order valence-electron chi connectivity index (χ0n) is 15.0. The first-order valence-corrected chi connectivity index (χ1v) is 9.59. The lowest BCUT2D eigenvalue weighted by atomic mass is 9.83. The Morgan fingerprint density at radius 1 is 1.07 bits per heavy atom. The number of nitrogens with one attached hydrogen (secondary N) is 1. The summed E-state index contributed by atoms with van der Waals surface area (Å²) in [5.41, 5.74) is 1.17. The molecule has 4 heterocycles. The van der Waals surface area contributed by atoms with Crippen molar-refractivity contribution >= 4 is 11.7 Å². The summed E-state index contributed by atoms with van der Waals surface area (Å²) in [5.74, 6) is 2.40. The van der Waals surface area contributed by atoms with Gasteiger partial charge in [-0.05, 0) is 18.9 Å². The van der Waals surface area contributed by atoms with E-state index in [1.54, 1.807) is 6.33 Å². The largest absolute Gasteiger partial charge is 0.356 e. The van der Waals surface area contributed by atoms with Gasteiger partial charge in [0.2, 0.25) is 0 Å². The van der Waals surface area contributed by atoms with Gasteiger partial charge in [0.15, 0.2) is 0 Å². The summed E-state index contributed by atoms with van der Waals surface area (Å²) in [7, 11) is 0. The Balaban J connectivity index is 1.25. The number of hydrogen-bond acceptors (Lipinski definition) is 6.